The minimum Gasteiger partial charge on any atom is -0.383 e. The van der Waals surface area contributed by atoms with Gasteiger partial charge in [0.2, 0.25) is 5.95 Å². The summed E-state index contributed by atoms with van der Waals surface area (Å²) in [5, 5.41) is 3.36. The Morgan fingerprint density at radius 1 is 1.42 bits per heavy atom. The molecule has 2 aromatic rings. The van der Waals surface area contributed by atoms with Crippen molar-refractivity contribution in [3.8, 4) is 5.69 Å². The first-order chi connectivity index (χ1) is 9.11. The molecule has 0 saturated heterocycles. The van der Waals surface area contributed by atoms with E-state index in [2.05, 4.69) is 22.2 Å². The van der Waals surface area contributed by atoms with Crippen LogP contribution in [0.15, 0.2) is 24.5 Å². The summed E-state index contributed by atoms with van der Waals surface area (Å²) in [5.41, 5.74) is 2.98. The van der Waals surface area contributed by atoms with E-state index in [1.54, 1.807) is 13.3 Å². The van der Waals surface area contributed by atoms with Gasteiger partial charge < -0.3 is 10.1 Å². The first kappa shape index (κ1) is 13.5. The Bertz CT molecular complexity index is 550. The number of aryl methyl sites for hydroxylation is 2. The number of aromatic nitrogens is 3. The first-order valence-electron chi connectivity index (χ1n) is 6.35. The van der Waals surface area contributed by atoms with Crippen LogP contribution >= 0.6 is 0 Å². The van der Waals surface area contributed by atoms with E-state index in [0.717, 1.165) is 23.0 Å². The summed E-state index contributed by atoms with van der Waals surface area (Å²) in [6.45, 7) is 6.67. The van der Waals surface area contributed by atoms with Crippen molar-refractivity contribution < 1.29 is 4.74 Å². The molecule has 1 N–H and O–H groups in total. The molecule has 0 aliphatic heterocycles. The average molecular weight is 260 g/mol. The van der Waals surface area contributed by atoms with Gasteiger partial charge in [0.25, 0.3) is 0 Å². The Balaban J connectivity index is 2.33. The van der Waals surface area contributed by atoms with Gasteiger partial charge >= 0.3 is 0 Å². The SMILES string of the molecule is COCC(C)Nc1nc(C)cn1-c1cccnc1C. The van der Waals surface area contributed by atoms with E-state index < -0.39 is 0 Å². The Hall–Kier alpha value is -1.88. The van der Waals surface area contributed by atoms with E-state index in [0.29, 0.717) is 6.61 Å². The standard InChI is InChI=1S/C14H20N4O/c1-10-8-18(13-6-5-7-15-12(13)3)14(16-10)17-11(2)9-19-4/h5-8,11H,9H2,1-4H3,(H,16,17). The monoisotopic (exact) mass is 260 g/mol. The zero-order chi connectivity index (χ0) is 13.8. The molecule has 1 unspecified atom stereocenters. The van der Waals surface area contributed by atoms with Crippen molar-refractivity contribution in [1.82, 2.24) is 14.5 Å². The predicted molar refractivity (Wildman–Crippen MR) is 75.8 cm³/mol. The number of rotatable bonds is 5. The summed E-state index contributed by atoms with van der Waals surface area (Å²) >= 11 is 0. The van der Waals surface area contributed by atoms with Crippen LogP contribution in [0.1, 0.15) is 18.3 Å². The lowest BCUT2D eigenvalue weighted by molar-refractivity contribution is 0.190. The summed E-state index contributed by atoms with van der Waals surface area (Å²) < 4.78 is 7.17. The van der Waals surface area contributed by atoms with Crippen molar-refractivity contribution in [1.29, 1.82) is 0 Å². The van der Waals surface area contributed by atoms with Crippen molar-refractivity contribution in [2.45, 2.75) is 26.8 Å². The minimum atomic E-state index is 0.197. The molecular formula is C14H20N4O. The second kappa shape index (κ2) is 5.84. The first-order valence-corrected chi connectivity index (χ1v) is 6.35. The summed E-state index contributed by atoms with van der Waals surface area (Å²) in [6, 6.07) is 4.16. The molecule has 5 nitrogen and oxygen atoms in total. The summed E-state index contributed by atoms with van der Waals surface area (Å²) in [4.78, 5) is 8.84. The molecule has 0 bridgehead atoms. The number of hydrogen-bond donors (Lipinski definition) is 1. The topological polar surface area (TPSA) is 52.0 Å². The van der Waals surface area contributed by atoms with Crippen molar-refractivity contribution in [2.75, 3.05) is 19.0 Å². The molecule has 5 heteroatoms. The van der Waals surface area contributed by atoms with Crippen LogP contribution in [-0.2, 0) is 4.74 Å². The second-order valence-corrected chi connectivity index (χ2v) is 4.68. The zero-order valence-electron chi connectivity index (χ0n) is 11.8. The van der Waals surface area contributed by atoms with E-state index in [-0.39, 0.29) is 6.04 Å². The van der Waals surface area contributed by atoms with Gasteiger partial charge in [-0.25, -0.2) is 4.98 Å². The van der Waals surface area contributed by atoms with E-state index in [1.807, 2.05) is 36.7 Å². The van der Waals surface area contributed by atoms with Crippen LogP contribution in [0.5, 0.6) is 0 Å². The van der Waals surface area contributed by atoms with E-state index in [4.69, 9.17) is 4.74 Å². The number of nitrogens with zero attached hydrogens (tertiary/aromatic N) is 3. The lowest BCUT2D eigenvalue weighted by Crippen LogP contribution is -2.23. The van der Waals surface area contributed by atoms with Crippen LogP contribution < -0.4 is 5.32 Å². The summed E-state index contributed by atoms with van der Waals surface area (Å²) in [5.74, 6) is 0.818. The Kier molecular flexibility index (Phi) is 4.16. The number of anilines is 1. The van der Waals surface area contributed by atoms with E-state index in [9.17, 15) is 0 Å². The number of nitrogens with one attached hydrogen (secondary N) is 1. The fourth-order valence-corrected chi connectivity index (χ4v) is 2.03. The van der Waals surface area contributed by atoms with E-state index >= 15 is 0 Å². The molecular weight excluding hydrogens is 240 g/mol. The van der Waals surface area contributed by atoms with Crippen LogP contribution in [0.2, 0.25) is 0 Å². The molecule has 0 spiro atoms. The van der Waals surface area contributed by atoms with Gasteiger partial charge in [0.1, 0.15) is 0 Å². The van der Waals surface area contributed by atoms with Gasteiger partial charge in [-0.1, -0.05) is 0 Å². The quantitative estimate of drug-likeness (QED) is 0.896. The fourth-order valence-electron chi connectivity index (χ4n) is 2.03. The Morgan fingerprint density at radius 3 is 2.89 bits per heavy atom. The third-order valence-corrected chi connectivity index (χ3v) is 2.86. The third-order valence-electron chi connectivity index (χ3n) is 2.86. The normalized spacial score (nSPS) is 12.4. The number of ether oxygens (including phenoxy) is 1. The van der Waals surface area contributed by atoms with Gasteiger partial charge in [0, 0.05) is 25.5 Å². The summed E-state index contributed by atoms with van der Waals surface area (Å²) in [7, 11) is 1.70. The highest BCUT2D eigenvalue weighted by Gasteiger charge is 2.12. The largest absolute Gasteiger partial charge is 0.383 e. The molecule has 2 aromatic heterocycles. The van der Waals surface area contributed by atoms with Gasteiger partial charge in [-0.2, -0.15) is 0 Å². The number of pyridine rings is 1. The highest BCUT2D eigenvalue weighted by molar-refractivity contribution is 5.45. The van der Waals surface area contributed by atoms with Crippen molar-refractivity contribution in [3.63, 3.8) is 0 Å². The highest BCUT2D eigenvalue weighted by Crippen LogP contribution is 2.19. The van der Waals surface area contributed by atoms with E-state index in [1.165, 1.54) is 0 Å². The lowest BCUT2D eigenvalue weighted by atomic mass is 10.3. The van der Waals surface area contributed by atoms with Gasteiger partial charge in [0.15, 0.2) is 0 Å². The Morgan fingerprint density at radius 2 is 2.21 bits per heavy atom. The molecule has 19 heavy (non-hydrogen) atoms. The second-order valence-electron chi connectivity index (χ2n) is 4.68. The van der Waals surface area contributed by atoms with Crippen molar-refractivity contribution >= 4 is 5.95 Å². The van der Waals surface area contributed by atoms with Gasteiger partial charge in [-0.3, -0.25) is 9.55 Å². The zero-order valence-corrected chi connectivity index (χ0v) is 11.8. The van der Waals surface area contributed by atoms with Crippen molar-refractivity contribution in [3.05, 3.63) is 35.9 Å². The Labute approximate surface area is 113 Å². The highest BCUT2D eigenvalue weighted by atomic mass is 16.5. The fraction of sp³-hybridized carbons (Fsp3) is 0.429. The molecule has 2 heterocycles. The van der Waals surface area contributed by atoms with Crippen molar-refractivity contribution in [2.24, 2.45) is 0 Å². The number of imidazole rings is 1. The molecule has 102 valence electrons. The minimum absolute atomic E-state index is 0.197. The maximum absolute atomic E-state index is 5.14. The average Bonchev–Trinajstić information content (AvgIpc) is 2.71. The third kappa shape index (κ3) is 3.12. The molecule has 0 aliphatic rings. The van der Waals surface area contributed by atoms with Gasteiger partial charge in [-0.05, 0) is 32.9 Å². The van der Waals surface area contributed by atoms with Crippen LogP contribution in [-0.4, -0.2) is 34.3 Å². The number of methoxy groups -OCH3 is 1. The molecule has 0 radical (unpaired) electrons. The molecule has 0 amide bonds. The molecule has 0 aliphatic carbocycles. The molecule has 0 saturated carbocycles. The smallest absolute Gasteiger partial charge is 0.208 e. The van der Waals surface area contributed by atoms with Crippen LogP contribution in [0.3, 0.4) is 0 Å². The maximum atomic E-state index is 5.14. The van der Waals surface area contributed by atoms with Gasteiger partial charge in [-0.15, -0.1) is 0 Å². The summed E-state index contributed by atoms with van der Waals surface area (Å²) in [6.07, 6.45) is 3.80. The molecule has 2 rings (SSSR count). The number of hydrogen-bond acceptors (Lipinski definition) is 4. The lowest BCUT2D eigenvalue weighted by Gasteiger charge is -2.15. The molecule has 0 fully saturated rings. The molecule has 1 atom stereocenters. The molecule has 0 aromatic carbocycles. The van der Waals surface area contributed by atoms with Crippen LogP contribution in [0.4, 0.5) is 5.95 Å². The van der Waals surface area contributed by atoms with Crippen LogP contribution in [0, 0.1) is 13.8 Å². The predicted octanol–water partition coefficient (Wildman–Crippen LogP) is 2.33. The van der Waals surface area contributed by atoms with Crippen LogP contribution in [0.25, 0.3) is 5.69 Å². The van der Waals surface area contributed by atoms with Gasteiger partial charge in [0.05, 0.1) is 23.7 Å². The maximum Gasteiger partial charge on any atom is 0.208 e.